The third-order valence-corrected chi connectivity index (χ3v) is 8.37. The second-order valence-electron chi connectivity index (χ2n) is 10.1. The van der Waals surface area contributed by atoms with E-state index >= 15 is 0 Å². The Morgan fingerprint density at radius 3 is 2.74 bits per heavy atom. The molecule has 4 heterocycles. The Morgan fingerprint density at radius 2 is 1.97 bits per heavy atom. The molecule has 4 aromatic rings. The zero-order chi connectivity index (χ0) is 27.8. The van der Waals surface area contributed by atoms with Gasteiger partial charge in [-0.05, 0) is 70.7 Å². The molecule has 9 nitrogen and oxygen atoms in total. The molecule has 1 aliphatic rings. The highest BCUT2D eigenvalue weighted by molar-refractivity contribution is 7.15. The van der Waals surface area contributed by atoms with Crippen molar-refractivity contribution in [2.75, 3.05) is 19.7 Å². The number of esters is 1. The maximum absolute atomic E-state index is 13.9. The summed E-state index contributed by atoms with van der Waals surface area (Å²) in [5.74, 6) is -0.684. The summed E-state index contributed by atoms with van der Waals surface area (Å²) in [6, 6.07) is 7.98. The van der Waals surface area contributed by atoms with Crippen LogP contribution in [-0.2, 0) is 20.7 Å². The largest absolute Gasteiger partial charge is 0.466 e. The summed E-state index contributed by atoms with van der Waals surface area (Å²) in [5.41, 5.74) is 6.08. The van der Waals surface area contributed by atoms with E-state index in [0.717, 1.165) is 28.9 Å². The zero-order valence-electron chi connectivity index (χ0n) is 23.0. The fraction of sp³-hybridized carbons (Fsp3) is 0.414. The number of thiazole rings is 1. The van der Waals surface area contributed by atoms with Gasteiger partial charge in [0.25, 0.3) is 5.56 Å². The molecule has 1 aromatic carbocycles. The van der Waals surface area contributed by atoms with Gasteiger partial charge in [-0.3, -0.25) is 18.8 Å². The van der Waals surface area contributed by atoms with Gasteiger partial charge in [0.2, 0.25) is 5.91 Å². The van der Waals surface area contributed by atoms with E-state index in [4.69, 9.17) is 14.8 Å². The van der Waals surface area contributed by atoms with Crippen molar-refractivity contribution in [2.24, 2.45) is 5.92 Å². The second kappa shape index (κ2) is 10.8. The van der Waals surface area contributed by atoms with Gasteiger partial charge in [-0.15, -0.1) is 11.3 Å². The van der Waals surface area contributed by atoms with Gasteiger partial charge in [0, 0.05) is 29.9 Å². The van der Waals surface area contributed by atoms with E-state index in [0.29, 0.717) is 53.7 Å². The maximum atomic E-state index is 13.9. The average molecular weight is 548 g/mol. The van der Waals surface area contributed by atoms with Gasteiger partial charge >= 0.3 is 5.97 Å². The first-order valence-corrected chi connectivity index (χ1v) is 14.1. The Kier molecular flexibility index (Phi) is 7.40. The quantitative estimate of drug-likeness (QED) is 0.336. The smallest absolute Gasteiger partial charge is 0.310 e. The first kappa shape index (κ1) is 26.8. The first-order valence-electron chi connectivity index (χ1n) is 13.3. The van der Waals surface area contributed by atoms with Crippen LogP contribution in [-0.4, -0.2) is 55.6 Å². The van der Waals surface area contributed by atoms with E-state index in [1.165, 1.54) is 15.7 Å². The number of likely N-dealkylation sites (tertiary alicyclic amines) is 1. The van der Waals surface area contributed by atoms with Crippen LogP contribution in [0, 0.1) is 33.6 Å². The Hall–Kier alpha value is -3.79. The zero-order valence-corrected chi connectivity index (χ0v) is 23.8. The number of amides is 1. The highest BCUT2D eigenvalue weighted by Gasteiger charge is 2.30. The van der Waals surface area contributed by atoms with Crippen molar-refractivity contribution in [1.82, 2.24) is 24.1 Å². The predicted molar refractivity (Wildman–Crippen MR) is 150 cm³/mol. The minimum Gasteiger partial charge on any atom is -0.466 e. The van der Waals surface area contributed by atoms with E-state index in [-0.39, 0.29) is 29.8 Å². The summed E-state index contributed by atoms with van der Waals surface area (Å²) in [6.45, 7) is 10.9. The van der Waals surface area contributed by atoms with Crippen LogP contribution in [0.1, 0.15) is 48.0 Å². The van der Waals surface area contributed by atoms with Crippen LogP contribution in [0.3, 0.4) is 0 Å². The molecule has 39 heavy (non-hydrogen) atoms. The standard InChI is InChI=1S/C29H33N5O4S/c1-6-38-28(37)21-10-8-12-32(15-21)25(35)14-22-16-39-29-30-20(5)26(27(36)33(22)29)23-13-18(3)34(31-23)24-11-7-9-17(2)19(24)4/h7,9,11,13,16,21H,6,8,10,12,14-15H2,1-5H3/t21-/m1/s1. The second-order valence-corrected chi connectivity index (χ2v) is 11.0. The molecule has 1 amide bonds. The molecule has 1 aliphatic heterocycles. The Labute approximate surface area is 231 Å². The summed E-state index contributed by atoms with van der Waals surface area (Å²) >= 11 is 1.34. The average Bonchev–Trinajstić information content (AvgIpc) is 3.49. The molecule has 204 valence electrons. The fourth-order valence-corrected chi connectivity index (χ4v) is 6.18. The molecule has 1 saturated heterocycles. The van der Waals surface area contributed by atoms with Gasteiger partial charge in [0.1, 0.15) is 5.69 Å². The third kappa shape index (κ3) is 5.01. The third-order valence-electron chi connectivity index (χ3n) is 7.50. The highest BCUT2D eigenvalue weighted by atomic mass is 32.1. The number of aryl methyl sites for hydroxylation is 3. The maximum Gasteiger partial charge on any atom is 0.310 e. The van der Waals surface area contributed by atoms with Crippen molar-refractivity contribution < 1.29 is 14.3 Å². The number of fused-ring (bicyclic) bond motifs is 1. The topological polar surface area (TPSA) is 98.8 Å². The number of hydrogen-bond acceptors (Lipinski definition) is 7. The normalized spacial score (nSPS) is 15.6. The number of ether oxygens (including phenoxy) is 1. The Morgan fingerprint density at radius 1 is 1.18 bits per heavy atom. The molecular formula is C29H33N5O4S. The minimum absolute atomic E-state index is 0.0512. The highest BCUT2D eigenvalue weighted by Crippen LogP contribution is 2.26. The fourth-order valence-electron chi connectivity index (χ4n) is 5.25. The van der Waals surface area contributed by atoms with E-state index in [1.54, 1.807) is 11.8 Å². The van der Waals surface area contributed by atoms with E-state index < -0.39 is 0 Å². The molecule has 0 spiro atoms. The van der Waals surface area contributed by atoms with Crippen molar-refractivity contribution in [1.29, 1.82) is 0 Å². The number of carbonyl (C=O) groups is 2. The van der Waals surface area contributed by atoms with Crippen molar-refractivity contribution in [3.8, 4) is 16.9 Å². The molecule has 0 aliphatic carbocycles. The Bertz CT molecular complexity index is 1630. The summed E-state index contributed by atoms with van der Waals surface area (Å²) in [7, 11) is 0. The molecule has 1 fully saturated rings. The molecule has 1 atom stereocenters. The predicted octanol–water partition coefficient (Wildman–Crippen LogP) is 4.19. The van der Waals surface area contributed by atoms with Crippen LogP contribution < -0.4 is 5.56 Å². The monoisotopic (exact) mass is 547 g/mol. The van der Waals surface area contributed by atoms with Crippen LogP contribution in [0.15, 0.2) is 34.4 Å². The Balaban J connectivity index is 1.47. The molecule has 0 saturated carbocycles. The van der Waals surface area contributed by atoms with Gasteiger partial charge in [0.05, 0.1) is 35.9 Å². The number of rotatable bonds is 6. The van der Waals surface area contributed by atoms with Crippen molar-refractivity contribution in [2.45, 2.75) is 53.9 Å². The molecule has 3 aromatic heterocycles. The van der Waals surface area contributed by atoms with Gasteiger partial charge in [-0.25, -0.2) is 9.67 Å². The van der Waals surface area contributed by atoms with Crippen LogP contribution in [0.2, 0.25) is 0 Å². The molecular weight excluding hydrogens is 514 g/mol. The number of carbonyl (C=O) groups excluding carboxylic acids is 2. The molecule has 0 N–H and O–H groups in total. The van der Waals surface area contributed by atoms with Crippen LogP contribution in [0.25, 0.3) is 21.9 Å². The minimum atomic E-state index is -0.309. The molecule has 0 unspecified atom stereocenters. The van der Waals surface area contributed by atoms with Crippen molar-refractivity contribution >= 4 is 28.2 Å². The molecule has 0 radical (unpaired) electrons. The lowest BCUT2D eigenvalue weighted by Crippen LogP contribution is -2.43. The number of aromatic nitrogens is 4. The summed E-state index contributed by atoms with van der Waals surface area (Å²) < 4.78 is 8.56. The summed E-state index contributed by atoms with van der Waals surface area (Å²) in [5, 5.41) is 6.63. The van der Waals surface area contributed by atoms with Crippen LogP contribution in [0.4, 0.5) is 0 Å². The molecule has 10 heteroatoms. The van der Waals surface area contributed by atoms with Crippen LogP contribution >= 0.6 is 11.3 Å². The van der Waals surface area contributed by atoms with Gasteiger partial charge < -0.3 is 9.64 Å². The van der Waals surface area contributed by atoms with E-state index in [9.17, 15) is 14.4 Å². The van der Waals surface area contributed by atoms with Crippen molar-refractivity contribution in [3.05, 3.63) is 68.2 Å². The van der Waals surface area contributed by atoms with Gasteiger partial charge in [-0.2, -0.15) is 5.10 Å². The van der Waals surface area contributed by atoms with E-state index in [2.05, 4.69) is 19.9 Å². The van der Waals surface area contributed by atoms with E-state index in [1.807, 2.05) is 42.1 Å². The number of hydrogen-bond donors (Lipinski definition) is 0. The number of piperidine rings is 1. The SMILES string of the molecule is CCOC(=O)[C@@H]1CCCN(C(=O)Cc2csc3nc(C)c(-c4cc(C)n(-c5cccc(C)c5C)n4)c(=O)n23)C1. The van der Waals surface area contributed by atoms with Gasteiger partial charge in [-0.1, -0.05) is 12.1 Å². The first-order chi connectivity index (χ1) is 18.7. The number of nitrogens with zero attached hydrogens (tertiary/aromatic N) is 5. The summed E-state index contributed by atoms with van der Waals surface area (Å²) in [4.78, 5) is 46.3. The van der Waals surface area contributed by atoms with Crippen molar-refractivity contribution in [3.63, 3.8) is 0 Å². The molecule has 5 rings (SSSR count). The van der Waals surface area contributed by atoms with Gasteiger partial charge in [0.15, 0.2) is 4.96 Å². The number of benzene rings is 1. The van der Waals surface area contributed by atoms with Crippen LogP contribution in [0.5, 0.6) is 0 Å². The molecule has 0 bridgehead atoms. The lowest BCUT2D eigenvalue weighted by Gasteiger charge is -2.31. The lowest BCUT2D eigenvalue weighted by molar-refractivity contribution is -0.151. The lowest BCUT2D eigenvalue weighted by atomic mass is 9.98. The summed E-state index contributed by atoms with van der Waals surface area (Å²) in [6.07, 6.45) is 1.51.